The van der Waals surface area contributed by atoms with Crippen LogP contribution in [0.2, 0.25) is 0 Å². The van der Waals surface area contributed by atoms with Gasteiger partial charge in [-0.25, -0.2) is 14.8 Å². The summed E-state index contributed by atoms with van der Waals surface area (Å²) in [5.41, 5.74) is 0. The zero-order valence-corrected chi connectivity index (χ0v) is 9.18. The molecule has 0 amide bonds. The van der Waals surface area contributed by atoms with E-state index in [1.165, 1.54) is 0 Å². The topological polar surface area (TPSA) is 44.4 Å². The normalized spacial score (nSPS) is 11.6. The molecule has 0 saturated heterocycles. The Labute approximate surface area is 80.2 Å². The fourth-order valence-electron chi connectivity index (χ4n) is 0.715. The Morgan fingerprint density at radius 3 is 1.85 bits per heavy atom. The maximum atomic E-state index is 12.0. The number of rotatable bonds is 7. The highest BCUT2D eigenvalue weighted by atomic mass is 31.2. The van der Waals surface area contributed by atoms with Gasteiger partial charge in [0.15, 0.2) is 0 Å². The molecular weight excluding hydrogens is 185 g/mol. The minimum Gasteiger partial charge on any atom is -0.271 e. The molecule has 13 heavy (non-hydrogen) atoms. The summed E-state index contributed by atoms with van der Waals surface area (Å²) in [5, 5.41) is 5.77. The highest BCUT2D eigenvalue weighted by Crippen LogP contribution is 2.37. The van der Waals surface area contributed by atoms with Crippen LogP contribution in [-0.4, -0.2) is 31.9 Å². The van der Waals surface area contributed by atoms with E-state index in [0.29, 0.717) is 13.1 Å². The van der Waals surface area contributed by atoms with Crippen molar-refractivity contribution in [1.82, 2.24) is 14.8 Å². The van der Waals surface area contributed by atoms with Crippen LogP contribution in [0.25, 0.3) is 0 Å². The first-order chi connectivity index (χ1) is 6.06. The fraction of sp³-hybridized carbons (Fsp3) is 0.500. The van der Waals surface area contributed by atoms with E-state index in [2.05, 4.69) is 23.3 Å². The first-order valence-electron chi connectivity index (χ1n) is 4.06. The van der Waals surface area contributed by atoms with Gasteiger partial charge in [-0.2, -0.15) is 0 Å². The second-order valence-corrected chi connectivity index (χ2v) is 5.31. The van der Waals surface area contributed by atoms with Crippen LogP contribution >= 0.6 is 7.59 Å². The number of nitrogens with one attached hydrogen (secondary N) is 2. The maximum absolute atomic E-state index is 12.0. The van der Waals surface area contributed by atoms with E-state index in [-0.39, 0.29) is 0 Å². The van der Waals surface area contributed by atoms with Crippen LogP contribution in [0.15, 0.2) is 25.3 Å². The van der Waals surface area contributed by atoms with E-state index in [1.807, 2.05) is 0 Å². The van der Waals surface area contributed by atoms with Crippen molar-refractivity contribution in [3.05, 3.63) is 25.3 Å². The van der Waals surface area contributed by atoms with Crippen molar-refractivity contribution < 1.29 is 4.57 Å². The maximum Gasteiger partial charge on any atom is 0.281 e. The largest absolute Gasteiger partial charge is 0.281 e. The Balaban J connectivity index is 4.24. The molecule has 0 saturated carbocycles. The number of hydrogen-bond acceptors (Lipinski definition) is 1. The Kier molecular flexibility index (Phi) is 5.91. The minimum absolute atomic E-state index is 0.513. The highest BCUT2D eigenvalue weighted by Gasteiger charge is 2.21. The Bertz CT molecular complexity index is 199. The average molecular weight is 203 g/mol. The molecule has 0 aromatic rings. The van der Waals surface area contributed by atoms with E-state index in [9.17, 15) is 4.57 Å². The molecule has 0 unspecified atom stereocenters. The number of nitrogens with zero attached hydrogens (tertiary/aromatic N) is 1. The van der Waals surface area contributed by atoms with Gasteiger partial charge in [0.05, 0.1) is 0 Å². The summed E-state index contributed by atoms with van der Waals surface area (Å²) in [6.07, 6.45) is 3.34. The van der Waals surface area contributed by atoms with Crippen LogP contribution in [0.5, 0.6) is 0 Å². The van der Waals surface area contributed by atoms with Crippen LogP contribution in [0.1, 0.15) is 0 Å². The van der Waals surface area contributed by atoms with Crippen molar-refractivity contribution in [2.45, 2.75) is 0 Å². The van der Waals surface area contributed by atoms with Gasteiger partial charge in [0.2, 0.25) is 0 Å². The summed E-state index contributed by atoms with van der Waals surface area (Å²) in [4.78, 5) is 0. The van der Waals surface area contributed by atoms with Crippen molar-refractivity contribution >= 4 is 7.59 Å². The molecule has 5 heteroatoms. The molecule has 0 aromatic heterocycles. The van der Waals surface area contributed by atoms with Crippen LogP contribution in [0, 0.1) is 0 Å². The fourth-order valence-corrected chi connectivity index (χ4v) is 2.15. The molecule has 0 spiro atoms. The van der Waals surface area contributed by atoms with Crippen molar-refractivity contribution in [3.8, 4) is 0 Å². The molecule has 2 N–H and O–H groups in total. The summed E-state index contributed by atoms with van der Waals surface area (Å²) in [5.74, 6) is 0. The molecule has 76 valence electrons. The standard InChI is InChI=1S/C8H18N3OP/c1-5-7-9-13(12,11(3)4)10-8-6-2/h5-6H,1-2,7-8H2,3-4H3,(H2,9,10,12). The quantitative estimate of drug-likeness (QED) is 0.482. The molecule has 0 atom stereocenters. The van der Waals surface area contributed by atoms with E-state index >= 15 is 0 Å². The predicted molar refractivity (Wildman–Crippen MR) is 57.7 cm³/mol. The first-order valence-corrected chi connectivity index (χ1v) is 5.72. The van der Waals surface area contributed by atoms with Crippen molar-refractivity contribution in [1.29, 1.82) is 0 Å². The summed E-state index contributed by atoms with van der Waals surface area (Å²) in [6, 6.07) is 0. The van der Waals surface area contributed by atoms with Gasteiger partial charge in [0, 0.05) is 13.1 Å². The van der Waals surface area contributed by atoms with Crippen LogP contribution in [0.3, 0.4) is 0 Å². The minimum atomic E-state index is -2.63. The Hall–Kier alpha value is -0.410. The first kappa shape index (κ1) is 12.6. The predicted octanol–water partition coefficient (Wildman–Crippen LogP) is 1.21. The van der Waals surface area contributed by atoms with Crippen molar-refractivity contribution in [3.63, 3.8) is 0 Å². The monoisotopic (exact) mass is 203 g/mol. The van der Waals surface area contributed by atoms with Gasteiger partial charge in [-0.3, -0.25) is 4.57 Å². The third kappa shape index (κ3) is 4.39. The molecule has 4 nitrogen and oxygen atoms in total. The van der Waals surface area contributed by atoms with Crippen LogP contribution in [0.4, 0.5) is 0 Å². The summed E-state index contributed by atoms with van der Waals surface area (Å²) in [6.45, 7) is 8.13. The van der Waals surface area contributed by atoms with E-state index < -0.39 is 7.59 Å². The molecule has 0 fully saturated rings. The lowest BCUT2D eigenvalue weighted by Crippen LogP contribution is -2.31. The molecular formula is C8H18N3OP. The number of hydrogen-bond donors (Lipinski definition) is 2. The van der Waals surface area contributed by atoms with E-state index in [0.717, 1.165) is 0 Å². The molecule has 0 radical (unpaired) electrons. The Morgan fingerprint density at radius 2 is 1.62 bits per heavy atom. The van der Waals surface area contributed by atoms with Gasteiger partial charge in [0.25, 0.3) is 7.59 Å². The SMILES string of the molecule is C=CCNP(=O)(NCC=C)N(C)C. The highest BCUT2D eigenvalue weighted by molar-refractivity contribution is 7.57. The lowest BCUT2D eigenvalue weighted by molar-refractivity contribution is 0.491. The molecule has 0 heterocycles. The van der Waals surface area contributed by atoms with Gasteiger partial charge >= 0.3 is 0 Å². The van der Waals surface area contributed by atoms with Gasteiger partial charge in [-0.15, -0.1) is 13.2 Å². The van der Waals surface area contributed by atoms with Gasteiger partial charge in [-0.05, 0) is 14.1 Å². The summed E-state index contributed by atoms with van der Waals surface area (Å²) in [7, 11) is 0.880. The van der Waals surface area contributed by atoms with Gasteiger partial charge < -0.3 is 0 Å². The van der Waals surface area contributed by atoms with Crippen molar-refractivity contribution in [2.24, 2.45) is 0 Å². The molecule has 0 aliphatic heterocycles. The lowest BCUT2D eigenvalue weighted by Gasteiger charge is -2.25. The van der Waals surface area contributed by atoms with E-state index in [1.54, 1.807) is 30.9 Å². The van der Waals surface area contributed by atoms with Crippen LogP contribution < -0.4 is 10.2 Å². The second-order valence-electron chi connectivity index (χ2n) is 2.73. The third-order valence-corrected chi connectivity index (χ3v) is 3.81. The second kappa shape index (κ2) is 6.11. The zero-order chi connectivity index (χ0) is 10.3. The molecule has 0 aliphatic carbocycles. The average Bonchev–Trinajstić information content (AvgIpc) is 2.11. The van der Waals surface area contributed by atoms with Crippen LogP contribution in [-0.2, 0) is 4.57 Å². The van der Waals surface area contributed by atoms with Crippen molar-refractivity contribution in [2.75, 3.05) is 27.2 Å². The third-order valence-electron chi connectivity index (χ3n) is 1.46. The summed E-state index contributed by atoms with van der Waals surface area (Å²) < 4.78 is 13.7. The molecule has 0 aliphatic rings. The smallest absolute Gasteiger partial charge is 0.271 e. The lowest BCUT2D eigenvalue weighted by atomic mass is 10.7. The molecule has 0 bridgehead atoms. The Morgan fingerprint density at radius 1 is 1.23 bits per heavy atom. The van der Waals surface area contributed by atoms with E-state index in [4.69, 9.17) is 0 Å². The summed E-state index contributed by atoms with van der Waals surface area (Å²) >= 11 is 0. The van der Waals surface area contributed by atoms with Gasteiger partial charge in [0.1, 0.15) is 0 Å². The molecule has 0 rings (SSSR count). The molecule has 0 aromatic carbocycles. The van der Waals surface area contributed by atoms with Gasteiger partial charge in [-0.1, -0.05) is 12.2 Å². The zero-order valence-electron chi connectivity index (χ0n) is 8.29.